The summed E-state index contributed by atoms with van der Waals surface area (Å²) in [7, 11) is 4.34. The molecule has 1 aliphatic heterocycles. The van der Waals surface area contributed by atoms with Crippen LogP contribution in [0.4, 0.5) is 0 Å². The molecule has 0 aromatic rings. The van der Waals surface area contributed by atoms with E-state index < -0.39 is 0 Å². The van der Waals surface area contributed by atoms with Crippen molar-refractivity contribution >= 4 is 0 Å². The van der Waals surface area contributed by atoms with Gasteiger partial charge in [0.05, 0.1) is 0 Å². The Morgan fingerprint density at radius 1 is 1.53 bits per heavy atom. The summed E-state index contributed by atoms with van der Waals surface area (Å²) in [4.78, 5) is 4.71. The lowest BCUT2D eigenvalue weighted by atomic mass is 10.0. The minimum atomic E-state index is 0.126. The van der Waals surface area contributed by atoms with E-state index in [1.54, 1.807) is 0 Å². The second-order valence-electron chi connectivity index (χ2n) is 4.96. The van der Waals surface area contributed by atoms with Crippen LogP contribution < -0.4 is 11.5 Å². The summed E-state index contributed by atoms with van der Waals surface area (Å²) in [6.07, 6.45) is 2.64. The second kappa shape index (κ2) is 6.43. The van der Waals surface area contributed by atoms with Crippen molar-refractivity contribution in [3.05, 3.63) is 0 Å². The predicted molar refractivity (Wildman–Crippen MR) is 64.7 cm³/mol. The molecule has 0 amide bonds. The lowest BCUT2D eigenvalue weighted by molar-refractivity contribution is 0.282. The Morgan fingerprint density at radius 2 is 2.27 bits per heavy atom. The topological polar surface area (TPSA) is 58.5 Å². The quantitative estimate of drug-likeness (QED) is 0.628. The highest BCUT2D eigenvalue weighted by atomic mass is 15.1. The number of rotatable bonds is 6. The number of hydrogen-bond donors (Lipinski definition) is 2. The van der Waals surface area contributed by atoms with Gasteiger partial charge in [-0.2, -0.15) is 0 Å². The fourth-order valence-electron chi connectivity index (χ4n) is 2.23. The molecule has 0 aromatic carbocycles. The molecule has 0 aromatic heterocycles. The first-order valence-corrected chi connectivity index (χ1v) is 5.94. The summed E-state index contributed by atoms with van der Waals surface area (Å²) < 4.78 is 0. The van der Waals surface area contributed by atoms with E-state index in [1.807, 2.05) is 0 Å². The summed E-state index contributed by atoms with van der Waals surface area (Å²) in [6, 6.07) is 0.126. The van der Waals surface area contributed by atoms with Crippen LogP contribution >= 0.6 is 0 Å². The molecular formula is C11H26N4. The van der Waals surface area contributed by atoms with E-state index in [1.165, 1.54) is 25.9 Å². The molecule has 4 heteroatoms. The number of hydrogen-bond acceptors (Lipinski definition) is 4. The Bertz CT molecular complexity index is 174. The lowest BCUT2D eigenvalue weighted by Crippen LogP contribution is -2.41. The third-order valence-electron chi connectivity index (χ3n) is 3.26. The van der Waals surface area contributed by atoms with E-state index >= 15 is 0 Å². The van der Waals surface area contributed by atoms with Crippen molar-refractivity contribution in [2.24, 2.45) is 17.4 Å². The van der Waals surface area contributed by atoms with Crippen LogP contribution in [0.3, 0.4) is 0 Å². The van der Waals surface area contributed by atoms with E-state index in [-0.39, 0.29) is 6.04 Å². The van der Waals surface area contributed by atoms with Gasteiger partial charge in [0.15, 0.2) is 0 Å². The molecule has 4 nitrogen and oxygen atoms in total. The second-order valence-corrected chi connectivity index (χ2v) is 4.96. The molecule has 0 radical (unpaired) electrons. The SMILES string of the molecule is CN(CCC1CCN(C)C1)CC(N)CN. The molecule has 2 unspecified atom stereocenters. The molecule has 1 aliphatic rings. The minimum absolute atomic E-state index is 0.126. The van der Waals surface area contributed by atoms with E-state index in [2.05, 4.69) is 23.9 Å². The molecule has 0 saturated carbocycles. The highest BCUT2D eigenvalue weighted by molar-refractivity contribution is 4.74. The van der Waals surface area contributed by atoms with Gasteiger partial charge < -0.3 is 21.3 Å². The van der Waals surface area contributed by atoms with E-state index in [9.17, 15) is 0 Å². The standard InChI is InChI=1S/C11H26N4/c1-14-5-3-10(8-14)4-6-15(2)9-11(13)7-12/h10-11H,3-9,12-13H2,1-2H3. The van der Waals surface area contributed by atoms with Crippen molar-refractivity contribution < 1.29 is 0 Å². The molecule has 1 fully saturated rings. The van der Waals surface area contributed by atoms with Crippen molar-refractivity contribution in [2.75, 3.05) is 46.8 Å². The molecule has 1 rings (SSSR count). The highest BCUT2D eigenvalue weighted by Crippen LogP contribution is 2.17. The molecule has 90 valence electrons. The maximum Gasteiger partial charge on any atom is 0.0292 e. The van der Waals surface area contributed by atoms with Crippen LogP contribution in [0.25, 0.3) is 0 Å². The molecule has 0 spiro atoms. The summed E-state index contributed by atoms with van der Waals surface area (Å²) >= 11 is 0. The van der Waals surface area contributed by atoms with Gasteiger partial charge in [-0.15, -0.1) is 0 Å². The van der Waals surface area contributed by atoms with Crippen LogP contribution in [0.2, 0.25) is 0 Å². The Balaban J connectivity index is 2.08. The molecule has 2 atom stereocenters. The summed E-state index contributed by atoms with van der Waals surface area (Å²) in [5.74, 6) is 0.881. The van der Waals surface area contributed by atoms with Crippen LogP contribution in [-0.4, -0.2) is 62.7 Å². The smallest absolute Gasteiger partial charge is 0.0292 e. The summed E-state index contributed by atoms with van der Waals surface area (Å²) in [5.41, 5.74) is 11.3. The van der Waals surface area contributed by atoms with E-state index in [0.717, 1.165) is 19.0 Å². The van der Waals surface area contributed by atoms with Crippen molar-refractivity contribution in [2.45, 2.75) is 18.9 Å². The average molecular weight is 214 g/mol. The summed E-state index contributed by atoms with van der Waals surface area (Å²) in [5, 5.41) is 0. The normalized spacial score (nSPS) is 25.0. The zero-order valence-electron chi connectivity index (χ0n) is 10.2. The van der Waals surface area contributed by atoms with Crippen LogP contribution in [0.1, 0.15) is 12.8 Å². The van der Waals surface area contributed by atoms with Gasteiger partial charge in [-0.05, 0) is 45.9 Å². The van der Waals surface area contributed by atoms with Crippen LogP contribution in [0, 0.1) is 5.92 Å². The fourth-order valence-corrected chi connectivity index (χ4v) is 2.23. The van der Waals surface area contributed by atoms with Gasteiger partial charge in [-0.1, -0.05) is 0 Å². The first kappa shape index (κ1) is 12.9. The van der Waals surface area contributed by atoms with Gasteiger partial charge in [0.2, 0.25) is 0 Å². The Morgan fingerprint density at radius 3 is 2.80 bits per heavy atom. The molecule has 4 N–H and O–H groups in total. The average Bonchev–Trinajstić information content (AvgIpc) is 2.61. The number of likely N-dealkylation sites (tertiary alicyclic amines) is 1. The molecule has 1 saturated heterocycles. The number of nitrogens with two attached hydrogens (primary N) is 2. The molecule has 1 heterocycles. The van der Waals surface area contributed by atoms with Crippen molar-refractivity contribution in [3.8, 4) is 0 Å². The molecule has 0 aliphatic carbocycles. The number of nitrogens with zero attached hydrogens (tertiary/aromatic N) is 2. The predicted octanol–water partition coefficient (Wildman–Crippen LogP) is -0.454. The van der Waals surface area contributed by atoms with Crippen LogP contribution in [0.5, 0.6) is 0 Å². The van der Waals surface area contributed by atoms with Crippen LogP contribution in [0.15, 0.2) is 0 Å². The third-order valence-corrected chi connectivity index (χ3v) is 3.26. The largest absolute Gasteiger partial charge is 0.329 e. The van der Waals surface area contributed by atoms with Crippen molar-refractivity contribution in [1.82, 2.24) is 9.80 Å². The zero-order chi connectivity index (χ0) is 11.3. The van der Waals surface area contributed by atoms with Crippen molar-refractivity contribution in [1.29, 1.82) is 0 Å². The van der Waals surface area contributed by atoms with Gasteiger partial charge in [0.1, 0.15) is 0 Å². The van der Waals surface area contributed by atoms with Gasteiger partial charge in [-0.25, -0.2) is 0 Å². The fraction of sp³-hybridized carbons (Fsp3) is 1.00. The Kier molecular flexibility index (Phi) is 5.53. The Hall–Kier alpha value is -0.160. The lowest BCUT2D eigenvalue weighted by Gasteiger charge is -2.21. The van der Waals surface area contributed by atoms with Crippen LogP contribution in [-0.2, 0) is 0 Å². The van der Waals surface area contributed by atoms with Crippen molar-refractivity contribution in [3.63, 3.8) is 0 Å². The van der Waals surface area contributed by atoms with Gasteiger partial charge in [0, 0.05) is 25.7 Å². The van der Waals surface area contributed by atoms with Gasteiger partial charge in [0.25, 0.3) is 0 Å². The highest BCUT2D eigenvalue weighted by Gasteiger charge is 2.19. The van der Waals surface area contributed by atoms with E-state index in [4.69, 9.17) is 11.5 Å². The zero-order valence-corrected chi connectivity index (χ0v) is 10.2. The first-order chi connectivity index (χ1) is 7.11. The maximum absolute atomic E-state index is 5.80. The molecular weight excluding hydrogens is 188 g/mol. The monoisotopic (exact) mass is 214 g/mol. The van der Waals surface area contributed by atoms with E-state index in [0.29, 0.717) is 6.54 Å². The molecule has 15 heavy (non-hydrogen) atoms. The first-order valence-electron chi connectivity index (χ1n) is 5.94. The summed E-state index contributed by atoms with van der Waals surface area (Å²) in [6.45, 7) is 5.16. The third kappa shape index (κ3) is 4.93. The minimum Gasteiger partial charge on any atom is -0.329 e. The molecule has 0 bridgehead atoms. The maximum atomic E-state index is 5.80. The van der Waals surface area contributed by atoms with Gasteiger partial charge in [-0.3, -0.25) is 0 Å². The number of likely N-dealkylation sites (N-methyl/N-ethyl adjacent to an activating group) is 1. The Labute approximate surface area is 93.6 Å². The van der Waals surface area contributed by atoms with Gasteiger partial charge >= 0.3 is 0 Å².